The summed E-state index contributed by atoms with van der Waals surface area (Å²) in [7, 11) is -3.40. The van der Waals surface area contributed by atoms with E-state index in [9.17, 15) is 13.2 Å². The summed E-state index contributed by atoms with van der Waals surface area (Å²) < 4.78 is 27.5. The molecule has 5 nitrogen and oxygen atoms in total. The van der Waals surface area contributed by atoms with Crippen LogP contribution in [0.3, 0.4) is 0 Å². The molecule has 0 spiro atoms. The van der Waals surface area contributed by atoms with E-state index in [1.165, 1.54) is 4.31 Å². The zero-order valence-electron chi connectivity index (χ0n) is 14.5. The number of halogens is 1. The molecule has 1 amide bonds. The summed E-state index contributed by atoms with van der Waals surface area (Å²) in [5.41, 5.74) is 2.37. The van der Waals surface area contributed by atoms with Crippen LogP contribution in [0.25, 0.3) is 0 Å². The Morgan fingerprint density at radius 2 is 1.77 bits per heavy atom. The molecule has 0 bridgehead atoms. The minimum atomic E-state index is -3.40. The number of benzene rings is 2. The largest absolute Gasteiger partial charge is 0.348 e. The molecule has 1 heterocycles. The first kappa shape index (κ1) is 19.1. The van der Waals surface area contributed by atoms with Crippen molar-refractivity contribution in [3.05, 3.63) is 63.6 Å². The summed E-state index contributed by atoms with van der Waals surface area (Å²) in [5.74, 6) is -0.149. The fourth-order valence-corrected chi connectivity index (χ4v) is 5.01. The first-order valence-electron chi connectivity index (χ1n) is 8.51. The van der Waals surface area contributed by atoms with Crippen molar-refractivity contribution in [2.45, 2.75) is 31.2 Å². The number of amides is 1. The van der Waals surface area contributed by atoms with Gasteiger partial charge < -0.3 is 5.32 Å². The zero-order chi connectivity index (χ0) is 18.7. The van der Waals surface area contributed by atoms with Gasteiger partial charge in [0, 0.05) is 29.7 Å². The molecule has 0 aromatic heterocycles. The van der Waals surface area contributed by atoms with E-state index < -0.39 is 10.0 Å². The van der Waals surface area contributed by atoms with Crippen molar-refractivity contribution in [1.82, 2.24) is 9.62 Å². The van der Waals surface area contributed by atoms with Gasteiger partial charge in [0.15, 0.2) is 0 Å². The smallest absolute Gasteiger partial charge is 0.251 e. The van der Waals surface area contributed by atoms with Crippen LogP contribution in [0.5, 0.6) is 0 Å². The summed E-state index contributed by atoms with van der Waals surface area (Å²) in [6, 6.07) is 12.2. The van der Waals surface area contributed by atoms with Gasteiger partial charge >= 0.3 is 0 Å². The van der Waals surface area contributed by atoms with Crippen LogP contribution in [0, 0.1) is 6.92 Å². The monoisotopic (exact) mass is 436 g/mol. The maximum absolute atomic E-state index is 12.5. The highest BCUT2D eigenvalue weighted by Gasteiger charge is 2.26. The third kappa shape index (κ3) is 4.16. The molecular formula is C19H21BrN2O3S. The van der Waals surface area contributed by atoms with Gasteiger partial charge in [0.05, 0.1) is 4.90 Å². The van der Waals surface area contributed by atoms with E-state index in [4.69, 9.17) is 0 Å². The minimum absolute atomic E-state index is 0.149. The third-order valence-electron chi connectivity index (χ3n) is 4.51. The van der Waals surface area contributed by atoms with E-state index in [-0.39, 0.29) is 5.91 Å². The van der Waals surface area contributed by atoms with E-state index in [0.717, 1.165) is 28.4 Å². The standard InChI is InChI=1S/C19H21BrN2O3S/c1-14-12-16(20)6-9-18(14)19(23)21-13-15-4-7-17(8-5-15)26(24,25)22-10-2-3-11-22/h4-9,12H,2-3,10-11,13H2,1H3,(H,21,23). The van der Waals surface area contributed by atoms with Crippen molar-refractivity contribution in [2.24, 2.45) is 0 Å². The Hall–Kier alpha value is -1.70. The highest BCUT2D eigenvalue weighted by molar-refractivity contribution is 9.10. The number of aryl methyl sites for hydroxylation is 1. The fraction of sp³-hybridized carbons (Fsp3) is 0.316. The van der Waals surface area contributed by atoms with Crippen LogP contribution in [0.1, 0.15) is 34.3 Å². The molecule has 0 radical (unpaired) electrons. The number of nitrogens with zero attached hydrogens (tertiary/aromatic N) is 1. The molecule has 1 aliphatic heterocycles. The molecule has 26 heavy (non-hydrogen) atoms. The number of rotatable bonds is 5. The summed E-state index contributed by atoms with van der Waals surface area (Å²) in [6.07, 6.45) is 1.83. The van der Waals surface area contributed by atoms with Crippen molar-refractivity contribution in [3.63, 3.8) is 0 Å². The molecule has 0 unspecified atom stereocenters. The van der Waals surface area contributed by atoms with Gasteiger partial charge in [-0.2, -0.15) is 4.31 Å². The molecule has 1 fully saturated rings. The Labute approximate surface area is 162 Å². The lowest BCUT2D eigenvalue weighted by atomic mass is 10.1. The molecule has 1 saturated heterocycles. The van der Waals surface area contributed by atoms with Crippen LogP contribution < -0.4 is 5.32 Å². The number of hydrogen-bond acceptors (Lipinski definition) is 3. The topological polar surface area (TPSA) is 66.5 Å². The Balaban J connectivity index is 1.65. The van der Waals surface area contributed by atoms with Crippen LogP contribution in [-0.4, -0.2) is 31.7 Å². The lowest BCUT2D eigenvalue weighted by Crippen LogP contribution is -2.28. The number of hydrogen-bond donors (Lipinski definition) is 1. The Morgan fingerprint density at radius 1 is 1.12 bits per heavy atom. The fourth-order valence-electron chi connectivity index (χ4n) is 3.02. The number of nitrogens with one attached hydrogen (secondary N) is 1. The summed E-state index contributed by atoms with van der Waals surface area (Å²) >= 11 is 3.38. The Morgan fingerprint density at radius 3 is 2.38 bits per heavy atom. The van der Waals surface area contributed by atoms with Gasteiger partial charge in [-0.05, 0) is 61.2 Å². The van der Waals surface area contributed by atoms with Gasteiger partial charge in [0.25, 0.3) is 5.91 Å². The van der Waals surface area contributed by atoms with E-state index in [2.05, 4.69) is 21.2 Å². The van der Waals surface area contributed by atoms with Crippen LogP contribution in [0.15, 0.2) is 51.8 Å². The van der Waals surface area contributed by atoms with E-state index >= 15 is 0 Å². The molecular weight excluding hydrogens is 416 g/mol. The second-order valence-electron chi connectivity index (χ2n) is 6.40. The van der Waals surface area contributed by atoms with Crippen LogP contribution in [-0.2, 0) is 16.6 Å². The zero-order valence-corrected chi connectivity index (χ0v) is 16.9. The highest BCUT2D eigenvalue weighted by atomic mass is 79.9. The van der Waals surface area contributed by atoms with Gasteiger partial charge in [-0.1, -0.05) is 28.1 Å². The van der Waals surface area contributed by atoms with E-state index in [1.807, 2.05) is 19.1 Å². The Kier molecular flexibility index (Phi) is 5.79. The second kappa shape index (κ2) is 7.90. The third-order valence-corrected chi connectivity index (χ3v) is 6.92. The van der Waals surface area contributed by atoms with Crippen molar-refractivity contribution in [3.8, 4) is 0 Å². The quantitative estimate of drug-likeness (QED) is 0.779. The first-order valence-corrected chi connectivity index (χ1v) is 10.7. The molecule has 0 saturated carbocycles. The van der Waals surface area contributed by atoms with Crippen LogP contribution in [0.4, 0.5) is 0 Å². The van der Waals surface area contributed by atoms with Crippen molar-refractivity contribution in [2.75, 3.05) is 13.1 Å². The van der Waals surface area contributed by atoms with Gasteiger partial charge in [-0.25, -0.2) is 8.42 Å². The molecule has 1 N–H and O–H groups in total. The van der Waals surface area contributed by atoms with Gasteiger partial charge in [-0.15, -0.1) is 0 Å². The molecule has 1 aliphatic rings. The minimum Gasteiger partial charge on any atom is -0.348 e. The van der Waals surface area contributed by atoms with Crippen molar-refractivity contribution in [1.29, 1.82) is 0 Å². The predicted octanol–water partition coefficient (Wildman–Crippen LogP) is 3.47. The molecule has 0 aliphatic carbocycles. The SMILES string of the molecule is Cc1cc(Br)ccc1C(=O)NCc1ccc(S(=O)(=O)N2CCCC2)cc1. The second-order valence-corrected chi connectivity index (χ2v) is 9.25. The molecule has 3 rings (SSSR count). The van der Waals surface area contributed by atoms with Gasteiger partial charge in [0.2, 0.25) is 10.0 Å². The molecule has 138 valence electrons. The number of sulfonamides is 1. The first-order chi connectivity index (χ1) is 12.4. The lowest BCUT2D eigenvalue weighted by Gasteiger charge is -2.15. The van der Waals surface area contributed by atoms with Crippen LogP contribution >= 0.6 is 15.9 Å². The summed E-state index contributed by atoms with van der Waals surface area (Å²) in [5, 5.41) is 2.87. The molecule has 2 aromatic carbocycles. The average Bonchev–Trinajstić information content (AvgIpc) is 3.15. The average molecular weight is 437 g/mol. The summed E-state index contributed by atoms with van der Waals surface area (Å²) in [6.45, 7) is 3.41. The molecule has 2 aromatic rings. The Bertz CT molecular complexity index is 905. The highest BCUT2D eigenvalue weighted by Crippen LogP contribution is 2.21. The lowest BCUT2D eigenvalue weighted by molar-refractivity contribution is 0.0950. The summed E-state index contributed by atoms with van der Waals surface area (Å²) in [4.78, 5) is 12.6. The number of carbonyl (C=O) groups is 1. The van der Waals surface area contributed by atoms with E-state index in [1.54, 1.807) is 30.3 Å². The molecule has 7 heteroatoms. The normalized spacial score (nSPS) is 15.2. The van der Waals surface area contributed by atoms with Crippen molar-refractivity contribution >= 4 is 31.9 Å². The number of carbonyl (C=O) groups excluding carboxylic acids is 1. The van der Waals surface area contributed by atoms with Crippen molar-refractivity contribution < 1.29 is 13.2 Å². The van der Waals surface area contributed by atoms with Gasteiger partial charge in [0.1, 0.15) is 0 Å². The maximum Gasteiger partial charge on any atom is 0.251 e. The predicted molar refractivity (Wildman–Crippen MR) is 104 cm³/mol. The van der Waals surface area contributed by atoms with E-state index in [0.29, 0.717) is 30.1 Å². The molecule has 0 atom stereocenters. The van der Waals surface area contributed by atoms with Crippen LogP contribution in [0.2, 0.25) is 0 Å². The maximum atomic E-state index is 12.5. The van der Waals surface area contributed by atoms with Gasteiger partial charge in [-0.3, -0.25) is 4.79 Å².